The first-order valence-electron chi connectivity index (χ1n) is 6.37. The highest BCUT2D eigenvalue weighted by Gasteiger charge is 2.09. The first kappa shape index (κ1) is 17.3. The normalized spacial score (nSPS) is 12.4. The molecule has 1 unspecified atom stereocenters. The van der Waals surface area contributed by atoms with E-state index in [1.807, 2.05) is 13.8 Å². The number of ether oxygens (including phenoxy) is 3. The third-order valence-corrected chi connectivity index (χ3v) is 2.25. The summed E-state index contributed by atoms with van der Waals surface area (Å²) in [6, 6.07) is -0.188. The van der Waals surface area contributed by atoms with Crippen molar-refractivity contribution in [3.8, 4) is 0 Å². The summed E-state index contributed by atoms with van der Waals surface area (Å²) in [4.78, 5) is 11.4. The molecule has 6 nitrogen and oxygen atoms in total. The predicted octanol–water partition coefficient (Wildman–Crippen LogP) is -0.220. The van der Waals surface area contributed by atoms with Gasteiger partial charge in [0.15, 0.2) is 0 Å². The van der Waals surface area contributed by atoms with Crippen molar-refractivity contribution in [2.75, 3.05) is 53.2 Å². The van der Waals surface area contributed by atoms with E-state index in [0.717, 1.165) is 0 Å². The molecule has 0 fully saturated rings. The van der Waals surface area contributed by atoms with Crippen LogP contribution in [0.4, 0.5) is 0 Å². The lowest BCUT2D eigenvalue weighted by molar-refractivity contribution is -0.122. The number of hydrogen-bond donors (Lipinski definition) is 2. The van der Waals surface area contributed by atoms with Crippen molar-refractivity contribution in [3.05, 3.63) is 0 Å². The van der Waals surface area contributed by atoms with E-state index in [1.54, 1.807) is 7.11 Å². The summed E-state index contributed by atoms with van der Waals surface area (Å²) in [5.41, 5.74) is 0. The SMILES string of the molecule is CCNC(=O)C(C)NCCOCCOCCOC. The van der Waals surface area contributed by atoms with Gasteiger partial charge in [-0.3, -0.25) is 4.79 Å². The zero-order chi connectivity index (χ0) is 13.6. The molecule has 0 aliphatic heterocycles. The topological polar surface area (TPSA) is 68.8 Å². The van der Waals surface area contributed by atoms with E-state index < -0.39 is 0 Å². The lowest BCUT2D eigenvalue weighted by Gasteiger charge is -2.13. The van der Waals surface area contributed by atoms with Gasteiger partial charge >= 0.3 is 0 Å². The first-order chi connectivity index (χ1) is 8.72. The molecule has 0 rings (SSSR count). The zero-order valence-corrected chi connectivity index (χ0v) is 11.7. The van der Waals surface area contributed by atoms with E-state index in [2.05, 4.69) is 10.6 Å². The molecule has 18 heavy (non-hydrogen) atoms. The summed E-state index contributed by atoms with van der Waals surface area (Å²) in [7, 11) is 1.64. The quantitative estimate of drug-likeness (QED) is 0.476. The highest BCUT2D eigenvalue weighted by atomic mass is 16.5. The van der Waals surface area contributed by atoms with Crippen LogP contribution in [0.25, 0.3) is 0 Å². The van der Waals surface area contributed by atoms with Crippen molar-refractivity contribution in [3.63, 3.8) is 0 Å². The van der Waals surface area contributed by atoms with Gasteiger partial charge in [-0.15, -0.1) is 0 Å². The van der Waals surface area contributed by atoms with Crippen LogP contribution in [0.2, 0.25) is 0 Å². The molecule has 0 saturated carbocycles. The maximum Gasteiger partial charge on any atom is 0.236 e. The molecule has 0 aromatic heterocycles. The minimum absolute atomic E-state index is 0.0143. The van der Waals surface area contributed by atoms with Gasteiger partial charge in [-0.25, -0.2) is 0 Å². The van der Waals surface area contributed by atoms with E-state index in [0.29, 0.717) is 46.1 Å². The van der Waals surface area contributed by atoms with Crippen molar-refractivity contribution < 1.29 is 19.0 Å². The molecule has 108 valence electrons. The Labute approximate surface area is 109 Å². The summed E-state index contributed by atoms with van der Waals surface area (Å²) in [5, 5.41) is 5.83. The van der Waals surface area contributed by atoms with Gasteiger partial charge < -0.3 is 24.8 Å². The van der Waals surface area contributed by atoms with Crippen LogP contribution in [0.15, 0.2) is 0 Å². The standard InChI is InChI=1S/C12H26N2O4/c1-4-13-12(15)11(2)14-5-6-17-9-10-18-8-7-16-3/h11,14H,4-10H2,1-3H3,(H,13,15). The molecule has 0 aliphatic rings. The number of carbonyl (C=O) groups excluding carboxylic acids is 1. The van der Waals surface area contributed by atoms with Crippen molar-refractivity contribution in [1.29, 1.82) is 0 Å². The smallest absolute Gasteiger partial charge is 0.236 e. The highest BCUT2D eigenvalue weighted by molar-refractivity contribution is 5.81. The summed E-state index contributed by atoms with van der Waals surface area (Å²) in [5.74, 6) is 0.0143. The van der Waals surface area contributed by atoms with Crippen LogP contribution in [0.5, 0.6) is 0 Å². The number of likely N-dealkylation sites (N-methyl/N-ethyl adjacent to an activating group) is 1. The molecule has 0 spiro atoms. The lowest BCUT2D eigenvalue weighted by atomic mass is 10.3. The van der Waals surface area contributed by atoms with E-state index >= 15 is 0 Å². The Morgan fingerprint density at radius 3 is 2.33 bits per heavy atom. The lowest BCUT2D eigenvalue weighted by Crippen LogP contribution is -2.43. The second kappa shape index (κ2) is 12.8. The first-order valence-corrected chi connectivity index (χ1v) is 6.37. The minimum Gasteiger partial charge on any atom is -0.382 e. The molecule has 1 amide bonds. The minimum atomic E-state index is -0.188. The van der Waals surface area contributed by atoms with Crippen molar-refractivity contribution in [1.82, 2.24) is 10.6 Å². The van der Waals surface area contributed by atoms with Crippen LogP contribution in [-0.2, 0) is 19.0 Å². The fraction of sp³-hybridized carbons (Fsp3) is 0.917. The van der Waals surface area contributed by atoms with Crippen LogP contribution in [-0.4, -0.2) is 65.2 Å². The van der Waals surface area contributed by atoms with Crippen LogP contribution in [0.3, 0.4) is 0 Å². The Morgan fingerprint density at radius 1 is 1.11 bits per heavy atom. The van der Waals surface area contributed by atoms with E-state index in [4.69, 9.17) is 14.2 Å². The summed E-state index contributed by atoms with van der Waals surface area (Å²) in [6.07, 6.45) is 0. The van der Waals surface area contributed by atoms with Crippen LogP contribution >= 0.6 is 0 Å². The summed E-state index contributed by atoms with van der Waals surface area (Å²) < 4.78 is 15.4. The van der Waals surface area contributed by atoms with Gasteiger partial charge in [-0.2, -0.15) is 0 Å². The molecule has 0 aliphatic carbocycles. The fourth-order valence-electron chi connectivity index (χ4n) is 1.23. The Hall–Kier alpha value is -0.690. The van der Waals surface area contributed by atoms with E-state index in [9.17, 15) is 4.79 Å². The monoisotopic (exact) mass is 262 g/mol. The van der Waals surface area contributed by atoms with Gasteiger partial charge in [0, 0.05) is 20.2 Å². The number of methoxy groups -OCH3 is 1. The molecule has 1 atom stereocenters. The number of rotatable bonds is 12. The van der Waals surface area contributed by atoms with Crippen LogP contribution in [0.1, 0.15) is 13.8 Å². The molecule has 0 heterocycles. The van der Waals surface area contributed by atoms with Crippen LogP contribution in [0, 0.1) is 0 Å². The highest BCUT2D eigenvalue weighted by Crippen LogP contribution is 1.83. The van der Waals surface area contributed by atoms with Gasteiger partial charge in [-0.05, 0) is 13.8 Å². The number of amides is 1. The molecule has 0 aromatic carbocycles. The molecule has 0 saturated heterocycles. The van der Waals surface area contributed by atoms with Crippen molar-refractivity contribution >= 4 is 5.91 Å². The Balaban J connectivity index is 3.22. The maximum absolute atomic E-state index is 11.4. The number of nitrogens with one attached hydrogen (secondary N) is 2. The van der Waals surface area contributed by atoms with Gasteiger partial charge in [-0.1, -0.05) is 0 Å². The van der Waals surface area contributed by atoms with Crippen molar-refractivity contribution in [2.45, 2.75) is 19.9 Å². The van der Waals surface area contributed by atoms with Gasteiger partial charge in [0.25, 0.3) is 0 Å². The molecular formula is C12H26N2O4. The van der Waals surface area contributed by atoms with Crippen molar-refractivity contribution in [2.24, 2.45) is 0 Å². The summed E-state index contributed by atoms with van der Waals surface area (Å²) >= 11 is 0. The molecule has 2 N–H and O–H groups in total. The second-order valence-corrected chi connectivity index (χ2v) is 3.79. The van der Waals surface area contributed by atoms with E-state index in [1.165, 1.54) is 0 Å². The average Bonchev–Trinajstić information content (AvgIpc) is 2.36. The average molecular weight is 262 g/mol. The molecule has 0 bridgehead atoms. The Morgan fingerprint density at radius 2 is 1.72 bits per heavy atom. The molecular weight excluding hydrogens is 236 g/mol. The van der Waals surface area contributed by atoms with Gasteiger partial charge in [0.05, 0.1) is 39.1 Å². The fourth-order valence-corrected chi connectivity index (χ4v) is 1.23. The third-order valence-electron chi connectivity index (χ3n) is 2.25. The molecule has 6 heteroatoms. The van der Waals surface area contributed by atoms with Crippen LogP contribution < -0.4 is 10.6 Å². The summed E-state index contributed by atoms with van der Waals surface area (Å²) in [6.45, 7) is 7.91. The largest absolute Gasteiger partial charge is 0.382 e. The second-order valence-electron chi connectivity index (χ2n) is 3.79. The zero-order valence-electron chi connectivity index (χ0n) is 11.7. The molecule has 0 aromatic rings. The number of carbonyl (C=O) groups is 1. The Kier molecular flexibility index (Phi) is 12.3. The maximum atomic E-state index is 11.4. The van der Waals surface area contributed by atoms with E-state index in [-0.39, 0.29) is 11.9 Å². The Bertz CT molecular complexity index is 203. The van der Waals surface area contributed by atoms with Gasteiger partial charge in [0.1, 0.15) is 0 Å². The number of hydrogen-bond acceptors (Lipinski definition) is 5. The third kappa shape index (κ3) is 10.5. The predicted molar refractivity (Wildman–Crippen MR) is 69.7 cm³/mol. The van der Waals surface area contributed by atoms with Gasteiger partial charge in [0.2, 0.25) is 5.91 Å². The molecule has 0 radical (unpaired) electrons.